The number of ether oxygens (including phenoxy) is 1. The van der Waals surface area contributed by atoms with Crippen molar-refractivity contribution in [2.75, 3.05) is 13.1 Å². The lowest BCUT2D eigenvalue weighted by Crippen LogP contribution is -2.41. The molecule has 26 heavy (non-hydrogen) atoms. The van der Waals surface area contributed by atoms with Gasteiger partial charge in [0.1, 0.15) is 11.3 Å². The smallest absolute Gasteiger partial charge is 0.418 e. The minimum Gasteiger partial charge on any atom is -0.444 e. The largest absolute Gasteiger partial charge is 0.444 e. The maximum absolute atomic E-state index is 12.8. The van der Waals surface area contributed by atoms with Gasteiger partial charge in [-0.15, -0.1) is 0 Å². The van der Waals surface area contributed by atoms with Gasteiger partial charge in [-0.1, -0.05) is 0 Å². The molecule has 0 saturated carbocycles. The zero-order chi connectivity index (χ0) is 19.7. The molecule has 0 radical (unpaired) electrons. The number of halogens is 3. The Morgan fingerprint density at radius 1 is 1.31 bits per heavy atom. The lowest BCUT2D eigenvalue weighted by molar-refractivity contribution is -0.386. The van der Waals surface area contributed by atoms with Crippen molar-refractivity contribution in [3.8, 4) is 0 Å². The molecule has 0 unspecified atom stereocenters. The van der Waals surface area contributed by atoms with Crippen LogP contribution in [0.25, 0.3) is 0 Å². The van der Waals surface area contributed by atoms with Crippen molar-refractivity contribution in [2.24, 2.45) is 0 Å². The summed E-state index contributed by atoms with van der Waals surface area (Å²) in [6.45, 7) is 5.81. The molecule has 1 aromatic heterocycles. The molecule has 1 fully saturated rings. The molecule has 2 rings (SSSR count). The molecule has 0 N–H and O–H groups in total. The highest BCUT2D eigenvalue weighted by molar-refractivity contribution is 5.68. The molecule has 7 nitrogen and oxygen atoms in total. The van der Waals surface area contributed by atoms with E-state index in [2.05, 4.69) is 4.98 Å². The van der Waals surface area contributed by atoms with E-state index in [1.165, 1.54) is 4.90 Å². The molecular weight excluding hydrogens is 355 g/mol. The van der Waals surface area contributed by atoms with Gasteiger partial charge in [-0.25, -0.2) is 4.79 Å². The first-order chi connectivity index (χ1) is 11.9. The van der Waals surface area contributed by atoms with Crippen LogP contribution < -0.4 is 0 Å². The number of hydrogen-bond acceptors (Lipinski definition) is 5. The summed E-state index contributed by atoms with van der Waals surface area (Å²) in [7, 11) is 0. The Kier molecular flexibility index (Phi) is 5.43. The van der Waals surface area contributed by atoms with Crippen molar-refractivity contribution >= 4 is 11.8 Å². The Labute approximate surface area is 148 Å². The van der Waals surface area contributed by atoms with Crippen LogP contribution in [0.4, 0.5) is 23.7 Å². The predicted octanol–water partition coefficient (Wildman–Crippen LogP) is 4.12. The summed E-state index contributed by atoms with van der Waals surface area (Å²) in [5, 5.41) is 11.2. The fraction of sp³-hybridized carbons (Fsp3) is 0.625. The van der Waals surface area contributed by atoms with Crippen molar-refractivity contribution in [3.63, 3.8) is 0 Å². The highest BCUT2D eigenvalue weighted by Gasteiger charge is 2.36. The van der Waals surface area contributed by atoms with Gasteiger partial charge in [-0.3, -0.25) is 15.1 Å². The van der Waals surface area contributed by atoms with Crippen LogP contribution in [-0.4, -0.2) is 39.6 Å². The first-order valence-electron chi connectivity index (χ1n) is 8.08. The van der Waals surface area contributed by atoms with Crippen molar-refractivity contribution in [2.45, 2.75) is 51.3 Å². The molecule has 144 valence electrons. The lowest BCUT2D eigenvalue weighted by atomic mass is 9.92. The van der Waals surface area contributed by atoms with Gasteiger partial charge in [0.25, 0.3) is 5.69 Å². The normalized spacial score (nSPS) is 16.5. The zero-order valence-corrected chi connectivity index (χ0v) is 14.7. The van der Waals surface area contributed by atoms with Crippen LogP contribution in [0.2, 0.25) is 0 Å². The number of aromatic nitrogens is 1. The molecule has 2 heterocycles. The average Bonchev–Trinajstić information content (AvgIpc) is 2.52. The van der Waals surface area contributed by atoms with E-state index in [0.717, 1.165) is 0 Å². The number of amides is 1. The molecule has 10 heteroatoms. The highest BCUT2D eigenvalue weighted by atomic mass is 19.4. The van der Waals surface area contributed by atoms with Crippen LogP contribution in [0.3, 0.4) is 0 Å². The lowest BCUT2D eigenvalue weighted by Gasteiger charge is -2.33. The molecule has 0 spiro atoms. The number of alkyl halides is 3. The SMILES string of the molecule is CC(C)(C)OC(=O)N1CCC(c2ncc(C(F)(F)F)cc2[N+](=O)[O-])CC1. The van der Waals surface area contributed by atoms with Gasteiger partial charge in [-0.2, -0.15) is 13.2 Å². The van der Waals surface area contributed by atoms with Crippen LogP contribution in [0.1, 0.15) is 50.8 Å². The summed E-state index contributed by atoms with van der Waals surface area (Å²) in [5.41, 5.74) is -2.41. The van der Waals surface area contributed by atoms with Crippen LogP contribution in [0.5, 0.6) is 0 Å². The fourth-order valence-electron chi connectivity index (χ4n) is 2.74. The summed E-state index contributed by atoms with van der Waals surface area (Å²) in [5.74, 6) is -0.392. The maximum Gasteiger partial charge on any atom is 0.418 e. The quantitative estimate of drug-likeness (QED) is 0.573. The summed E-state index contributed by atoms with van der Waals surface area (Å²) in [6.07, 6.45) is -3.85. The van der Waals surface area contributed by atoms with Gasteiger partial charge in [-0.05, 0) is 33.6 Å². The molecule has 1 amide bonds. The van der Waals surface area contributed by atoms with Crippen LogP contribution in [0, 0.1) is 10.1 Å². The molecular formula is C16H20F3N3O4. The molecule has 0 aromatic carbocycles. The zero-order valence-electron chi connectivity index (χ0n) is 14.7. The number of nitro groups is 1. The molecule has 0 bridgehead atoms. The Balaban J connectivity index is 2.14. The molecule has 1 aromatic rings. The molecule has 1 saturated heterocycles. The van der Waals surface area contributed by atoms with Crippen LogP contribution in [-0.2, 0) is 10.9 Å². The van der Waals surface area contributed by atoms with Gasteiger partial charge < -0.3 is 9.64 Å². The number of pyridine rings is 1. The average molecular weight is 375 g/mol. The topological polar surface area (TPSA) is 85.6 Å². The first-order valence-corrected chi connectivity index (χ1v) is 8.08. The standard InChI is InChI=1S/C16H20F3N3O4/c1-15(2,3)26-14(23)21-6-4-10(5-7-21)13-12(22(24)25)8-11(9-20-13)16(17,18)19/h8-10H,4-7H2,1-3H3. The Morgan fingerprint density at radius 3 is 2.35 bits per heavy atom. The summed E-state index contributed by atoms with van der Waals surface area (Å²) >= 11 is 0. The van der Waals surface area contributed by atoms with Gasteiger partial charge >= 0.3 is 12.3 Å². The van der Waals surface area contributed by atoms with E-state index >= 15 is 0 Å². The number of piperidine rings is 1. The van der Waals surface area contributed by atoms with E-state index in [1.807, 2.05) is 0 Å². The van der Waals surface area contributed by atoms with Crippen molar-refractivity contribution < 1.29 is 27.6 Å². The number of carbonyl (C=O) groups excluding carboxylic acids is 1. The number of rotatable bonds is 2. The Hall–Kier alpha value is -2.39. The number of hydrogen-bond donors (Lipinski definition) is 0. The van der Waals surface area contributed by atoms with Gasteiger partial charge in [0.05, 0.1) is 10.5 Å². The third kappa shape index (κ3) is 4.83. The molecule has 1 aliphatic rings. The highest BCUT2D eigenvalue weighted by Crippen LogP contribution is 2.37. The van der Waals surface area contributed by atoms with Crippen molar-refractivity contribution in [1.29, 1.82) is 0 Å². The third-order valence-electron chi connectivity index (χ3n) is 3.95. The van der Waals surface area contributed by atoms with E-state index in [0.29, 0.717) is 38.2 Å². The van der Waals surface area contributed by atoms with E-state index in [9.17, 15) is 28.1 Å². The fourth-order valence-corrected chi connectivity index (χ4v) is 2.74. The van der Waals surface area contributed by atoms with E-state index in [4.69, 9.17) is 4.74 Å². The summed E-state index contributed by atoms with van der Waals surface area (Å²) in [4.78, 5) is 27.6. The van der Waals surface area contributed by atoms with E-state index < -0.39 is 40.0 Å². The van der Waals surface area contributed by atoms with Crippen LogP contribution in [0.15, 0.2) is 12.3 Å². The predicted molar refractivity (Wildman–Crippen MR) is 85.7 cm³/mol. The second-order valence-electron chi connectivity index (χ2n) is 7.12. The Bertz CT molecular complexity index is 693. The van der Waals surface area contributed by atoms with Gasteiger partial charge in [0.15, 0.2) is 0 Å². The third-order valence-corrected chi connectivity index (χ3v) is 3.95. The van der Waals surface area contributed by atoms with Crippen LogP contribution >= 0.6 is 0 Å². The number of likely N-dealkylation sites (tertiary alicyclic amines) is 1. The van der Waals surface area contributed by atoms with Crippen molar-refractivity contribution in [1.82, 2.24) is 9.88 Å². The van der Waals surface area contributed by atoms with Crippen molar-refractivity contribution in [3.05, 3.63) is 33.6 Å². The number of carbonyl (C=O) groups is 1. The second-order valence-corrected chi connectivity index (χ2v) is 7.12. The minimum atomic E-state index is -4.70. The van der Waals surface area contributed by atoms with E-state index in [1.54, 1.807) is 20.8 Å². The molecule has 0 aliphatic carbocycles. The Morgan fingerprint density at radius 2 is 1.88 bits per heavy atom. The maximum atomic E-state index is 12.8. The molecule has 1 aliphatic heterocycles. The molecule has 0 atom stereocenters. The minimum absolute atomic E-state index is 0.0202. The van der Waals surface area contributed by atoms with E-state index in [-0.39, 0.29) is 5.69 Å². The van der Waals surface area contributed by atoms with Gasteiger partial charge in [0.2, 0.25) is 0 Å². The number of nitrogens with zero attached hydrogens (tertiary/aromatic N) is 3. The first kappa shape index (κ1) is 19.9. The van der Waals surface area contributed by atoms with Gasteiger partial charge in [0, 0.05) is 31.3 Å². The summed E-state index contributed by atoms with van der Waals surface area (Å²) in [6, 6.07) is 0.516. The second kappa shape index (κ2) is 7.08. The summed E-state index contributed by atoms with van der Waals surface area (Å²) < 4.78 is 43.6. The monoisotopic (exact) mass is 375 g/mol.